The molecule has 3 heterocycles. The van der Waals surface area contributed by atoms with Crippen molar-refractivity contribution in [3.8, 4) is 0 Å². The molecule has 3 aromatic rings. The number of hydrogen-bond acceptors (Lipinski definition) is 6. The van der Waals surface area contributed by atoms with Crippen molar-refractivity contribution in [2.45, 2.75) is 25.8 Å². The maximum absolute atomic E-state index is 12.6. The summed E-state index contributed by atoms with van der Waals surface area (Å²) in [6.07, 6.45) is 1.26. The van der Waals surface area contributed by atoms with Crippen LogP contribution >= 0.6 is 22.9 Å². The van der Waals surface area contributed by atoms with Crippen LogP contribution in [0.4, 0.5) is 5.13 Å². The lowest BCUT2D eigenvalue weighted by molar-refractivity contribution is -0.132. The molecule has 1 amide bonds. The van der Waals surface area contributed by atoms with Gasteiger partial charge in [0.25, 0.3) is 0 Å². The highest BCUT2D eigenvalue weighted by Gasteiger charge is 2.29. The van der Waals surface area contributed by atoms with Gasteiger partial charge >= 0.3 is 0 Å². The Labute approximate surface area is 167 Å². The van der Waals surface area contributed by atoms with E-state index in [0.29, 0.717) is 6.42 Å². The number of hydrogen-bond donors (Lipinski definition) is 0. The standard InChI is InChI=1S/C20H22N4OS2/c1-15-14-23(9-10-24(15)19(25)13-17-8-5-11-26-17)20-21-18(22-27-20)12-16-6-3-2-4-7-16/h2-8,11,15H,9-10,12-14H2,1H3. The normalized spacial score (nSPS) is 17.3. The molecule has 1 saturated heterocycles. The summed E-state index contributed by atoms with van der Waals surface area (Å²) in [4.78, 5) is 22.7. The molecule has 1 aliphatic heterocycles. The van der Waals surface area contributed by atoms with Gasteiger partial charge in [0, 0.05) is 48.5 Å². The molecule has 4 rings (SSSR count). The smallest absolute Gasteiger partial charge is 0.228 e. The highest BCUT2D eigenvalue weighted by molar-refractivity contribution is 7.10. The average molecular weight is 399 g/mol. The fourth-order valence-corrected chi connectivity index (χ4v) is 4.80. The Morgan fingerprint density at radius 3 is 2.78 bits per heavy atom. The molecule has 1 unspecified atom stereocenters. The molecule has 1 aromatic carbocycles. The summed E-state index contributed by atoms with van der Waals surface area (Å²) in [5, 5.41) is 2.98. The summed E-state index contributed by atoms with van der Waals surface area (Å²) < 4.78 is 4.53. The summed E-state index contributed by atoms with van der Waals surface area (Å²) in [6, 6.07) is 14.5. The zero-order valence-electron chi connectivity index (χ0n) is 15.2. The number of anilines is 1. The molecule has 0 aliphatic carbocycles. The maximum atomic E-state index is 12.6. The number of rotatable bonds is 5. The van der Waals surface area contributed by atoms with E-state index in [1.54, 1.807) is 11.3 Å². The Balaban J connectivity index is 1.36. The second-order valence-corrected chi connectivity index (χ2v) is 8.56. The van der Waals surface area contributed by atoms with Crippen molar-refractivity contribution < 1.29 is 4.79 Å². The van der Waals surface area contributed by atoms with Crippen LogP contribution in [0.1, 0.15) is 23.2 Å². The predicted octanol–water partition coefficient (Wildman–Crippen LogP) is 3.47. The first-order chi connectivity index (χ1) is 13.2. The number of benzene rings is 1. The molecule has 0 bridgehead atoms. The molecule has 0 radical (unpaired) electrons. The molecule has 0 N–H and O–H groups in total. The van der Waals surface area contributed by atoms with Crippen LogP contribution in [0.3, 0.4) is 0 Å². The Kier molecular flexibility index (Phi) is 5.50. The lowest BCUT2D eigenvalue weighted by Crippen LogP contribution is -2.54. The van der Waals surface area contributed by atoms with Crippen molar-refractivity contribution in [1.29, 1.82) is 0 Å². The quantitative estimate of drug-likeness (QED) is 0.660. The number of piperazine rings is 1. The Hall–Kier alpha value is -2.25. The monoisotopic (exact) mass is 398 g/mol. The zero-order chi connectivity index (χ0) is 18.6. The van der Waals surface area contributed by atoms with E-state index in [9.17, 15) is 4.79 Å². The number of carbonyl (C=O) groups is 1. The molecule has 140 valence electrons. The van der Waals surface area contributed by atoms with Gasteiger partial charge in [-0.2, -0.15) is 4.37 Å². The van der Waals surface area contributed by atoms with Crippen molar-refractivity contribution in [2.75, 3.05) is 24.5 Å². The van der Waals surface area contributed by atoms with Gasteiger partial charge in [0.1, 0.15) is 5.82 Å². The van der Waals surface area contributed by atoms with Crippen molar-refractivity contribution >= 4 is 33.9 Å². The molecule has 5 nitrogen and oxygen atoms in total. The van der Waals surface area contributed by atoms with E-state index in [1.165, 1.54) is 17.1 Å². The average Bonchev–Trinajstić information content (AvgIpc) is 3.34. The third-order valence-corrected chi connectivity index (χ3v) is 6.48. The molecule has 0 spiro atoms. The summed E-state index contributed by atoms with van der Waals surface area (Å²) >= 11 is 3.10. The minimum Gasteiger partial charge on any atom is -0.343 e. The third kappa shape index (κ3) is 4.36. The fourth-order valence-electron chi connectivity index (χ4n) is 3.39. The van der Waals surface area contributed by atoms with E-state index in [0.717, 1.165) is 41.9 Å². The van der Waals surface area contributed by atoms with Gasteiger partial charge in [0.2, 0.25) is 11.0 Å². The van der Waals surface area contributed by atoms with Gasteiger partial charge in [-0.15, -0.1) is 11.3 Å². The number of nitrogens with zero attached hydrogens (tertiary/aromatic N) is 4. The largest absolute Gasteiger partial charge is 0.343 e. The second kappa shape index (κ2) is 8.19. The molecular formula is C20H22N4OS2. The van der Waals surface area contributed by atoms with E-state index < -0.39 is 0 Å². The summed E-state index contributed by atoms with van der Waals surface area (Å²) in [5.74, 6) is 1.08. The van der Waals surface area contributed by atoms with Gasteiger partial charge in [-0.3, -0.25) is 4.79 Å². The molecule has 2 aromatic heterocycles. The van der Waals surface area contributed by atoms with Crippen LogP contribution in [0.5, 0.6) is 0 Å². The minimum atomic E-state index is 0.174. The lowest BCUT2D eigenvalue weighted by atomic mass is 10.1. The topological polar surface area (TPSA) is 49.3 Å². The summed E-state index contributed by atoms with van der Waals surface area (Å²) in [7, 11) is 0. The third-order valence-electron chi connectivity index (χ3n) is 4.79. The van der Waals surface area contributed by atoms with Gasteiger partial charge < -0.3 is 9.80 Å². The highest BCUT2D eigenvalue weighted by atomic mass is 32.1. The van der Waals surface area contributed by atoms with E-state index >= 15 is 0 Å². The molecule has 1 fully saturated rings. The molecule has 1 aliphatic rings. The maximum Gasteiger partial charge on any atom is 0.228 e. The summed E-state index contributed by atoms with van der Waals surface area (Å²) in [6.45, 7) is 4.46. The van der Waals surface area contributed by atoms with Crippen molar-refractivity contribution in [1.82, 2.24) is 14.3 Å². The Bertz CT molecular complexity index is 879. The summed E-state index contributed by atoms with van der Waals surface area (Å²) in [5.41, 5.74) is 1.22. The van der Waals surface area contributed by atoms with Crippen LogP contribution in [-0.4, -0.2) is 45.8 Å². The van der Waals surface area contributed by atoms with Crippen molar-refractivity contribution in [3.05, 3.63) is 64.1 Å². The number of aromatic nitrogens is 2. The molecule has 1 atom stereocenters. The van der Waals surface area contributed by atoms with Gasteiger partial charge in [0.05, 0.1) is 6.42 Å². The predicted molar refractivity (Wildman–Crippen MR) is 111 cm³/mol. The van der Waals surface area contributed by atoms with Gasteiger partial charge in [-0.05, 0) is 23.9 Å². The van der Waals surface area contributed by atoms with Gasteiger partial charge in [-0.25, -0.2) is 4.98 Å². The van der Waals surface area contributed by atoms with Crippen molar-refractivity contribution in [3.63, 3.8) is 0 Å². The number of thiophene rings is 1. The molecule has 27 heavy (non-hydrogen) atoms. The number of amides is 1. The van der Waals surface area contributed by atoms with Crippen LogP contribution in [-0.2, 0) is 17.6 Å². The molecular weight excluding hydrogens is 376 g/mol. The molecule has 0 saturated carbocycles. The number of carbonyl (C=O) groups excluding carboxylic acids is 1. The second-order valence-electron chi connectivity index (χ2n) is 6.79. The van der Waals surface area contributed by atoms with Crippen LogP contribution in [0.2, 0.25) is 0 Å². The van der Waals surface area contributed by atoms with Crippen LogP contribution in [0.25, 0.3) is 0 Å². The zero-order valence-corrected chi connectivity index (χ0v) is 16.9. The Morgan fingerprint density at radius 1 is 1.19 bits per heavy atom. The van der Waals surface area contributed by atoms with Gasteiger partial charge in [-0.1, -0.05) is 36.4 Å². The van der Waals surface area contributed by atoms with Gasteiger partial charge in [0.15, 0.2) is 0 Å². The lowest BCUT2D eigenvalue weighted by Gasteiger charge is -2.39. The highest BCUT2D eigenvalue weighted by Crippen LogP contribution is 2.23. The first-order valence-corrected chi connectivity index (χ1v) is 10.8. The van der Waals surface area contributed by atoms with Crippen LogP contribution in [0, 0.1) is 0 Å². The van der Waals surface area contributed by atoms with Crippen LogP contribution in [0.15, 0.2) is 47.8 Å². The first-order valence-electron chi connectivity index (χ1n) is 9.12. The van der Waals surface area contributed by atoms with Crippen LogP contribution < -0.4 is 4.90 Å². The van der Waals surface area contributed by atoms with E-state index in [-0.39, 0.29) is 11.9 Å². The van der Waals surface area contributed by atoms with E-state index in [2.05, 4.69) is 28.3 Å². The minimum absolute atomic E-state index is 0.174. The SMILES string of the molecule is CC1CN(c2nc(Cc3ccccc3)ns2)CCN1C(=O)Cc1cccs1. The fraction of sp³-hybridized carbons (Fsp3) is 0.350. The van der Waals surface area contributed by atoms with E-state index in [1.807, 2.05) is 40.6 Å². The van der Waals surface area contributed by atoms with Crippen molar-refractivity contribution in [2.24, 2.45) is 0 Å². The first kappa shape index (κ1) is 18.1. The van der Waals surface area contributed by atoms with E-state index in [4.69, 9.17) is 4.98 Å². The molecule has 7 heteroatoms. The Morgan fingerprint density at radius 2 is 2.04 bits per heavy atom.